The van der Waals surface area contributed by atoms with Crippen LogP contribution in [0.15, 0.2) is 4.99 Å². The molecule has 6 heteroatoms. The van der Waals surface area contributed by atoms with Crippen LogP contribution in [0.5, 0.6) is 0 Å². The van der Waals surface area contributed by atoms with Crippen LogP contribution in [0.1, 0.15) is 56.0 Å². The summed E-state index contributed by atoms with van der Waals surface area (Å²) in [6.07, 6.45) is 6.62. The number of guanidine groups is 1. The van der Waals surface area contributed by atoms with Gasteiger partial charge in [-0.1, -0.05) is 19.8 Å². The molecule has 0 amide bonds. The predicted octanol–water partition coefficient (Wildman–Crippen LogP) is 2.78. The molecule has 2 rings (SSSR count). The number of aryl methyl sites for hydroxylation is 1. The standard InChI is InChI=1S/C19H35N5O/c1-6-19(9-7-8-10-19)14-22-18(20-4)21-13-17-15(2)23-24(16(17)3)11-12-25-5/h6-14H2,1-5H3,(H2,20,21,22). The Balaban J connectivity index is 1.91. The van der Waals surface area contributed by atoms with Crippen LogP contribution in [0.4, 0.5) is 0 Å². The Morgan fingerprint density at radius 3 is 2.60 bits per heavy atom. The molecule has 0 radical (unpaired) electrons. The lowest BCUT2D eigenvalue weighted by molar-refractivity contribution is 0.182. The fourth-order valence-corrected chi connectivity index (χ4v) is 3.83. The van der Waals surface area contributed by atoms with Gasteiger partial charge in [-0.2, -0.15) is 5.10 Å². The van der Waals surface area contributed by atoms with Gasteiger partial charge in [-0.25, -0.2) is 0 Å². The SMILES string of the molecule is CCC1(CNC(=NC)NCc2c(C)nn(CCOC)c2C)CCCC1. The zero-order chi connectivity index (χ0) is 18.3. The van der Waals surface area contributed by atoms with Gasteiger partial charge >= 0.3 is 0 Å². The van der Waals surface area contributed by atoms with Crippen molar-refractivity contribution in [3.63, 3.8) is 0 Å². The molecule has 2 N–H and O–H groups in total. The first-order valence-corrected chi connectivity index (χ1v) is 9.51. The van der Waals surface area contributed by atoms with Crippen LogP contribution < -0.4 is 10.6 Å². The molecule has 0 saturated heterocycles. The Morgan fingerprint density at radius 1 is 1.28 bits per heavy atom. The molecule has 6 nitrogen and oxygen atoms in total. The molecular formula is C19H35N5O. The van der Waals surface area contributed by atoms with Crippen LogP contribution >= 0.6 is 0 Å². The highest BCUT2D eigenvalue weighted by atomic mass is 16.5. The maximum Gasteiger partial charge on any atom is 0.191 e. The minimum atomic E-state index is 0.453. The lowest BCUT2D eigenvalue weighted by Crippen LogP contribution is -2.42. The van der Waals surface area contributed by atoms with Gasteiger partial charge in [0.05, 0.1) is 18.8 Å². The molecule has 1 aliphatic carbocycles. The van der Waals surface area contributed by atoms with E-state index in [1.807, 2.05) is 11.7 Å². The molecule has 1 heterocycles. The van der Waals surface area contributed by atoms with Gasteiger partial charge < -0.3 is 15.4 Å². The predicted molar refractivity (Wildman–Crippen MR) is 103 cm³/mol. The highest BCUT2D eigenvalue weighted by molar-refractivity contribution is 5.79. The molecule has 1 aromatic heterocycles. The van der Waals surface area contributed by atoms with Crippen molar-refractivity contribution in [2.45, 2.75) is 66.0 Å². The first-order chi connectivity index (χ1) is 12.0. The zero-order valence-electron chi connectivity index (χ0n) is 16.6. The summed E-state index contributed by atoms with van der Waals surface area (Å²) < 4.78 is 7.19. The van der Waals surface area contributed by atoms with Crippen molar-refractivity contribution in [2.24, 2.45) is 10.4 Å². The van der Waals surface area contributed by atoms with Crippen molar-refractivity contribution >= 4 is 5.96 Å². The van der Waals surface area contributed by atoms with Crippen LogP contribution in [0.25, 0.3) is 0 Å². The molecule has 0 aliphatic heterocycles. The Labute approximate surface area is 152 Å². The molecule has 1 saturated carbocycles. The van der Waals surface area contributed by atoms with E-state index in [1.54, 1.807) is 7.11 Å². The van der Waals surface area contributed by atoms with Gasteiger partial charge in [0.25, 0.3) is 0 Å². The molecule has 0 bridgehead atoms. The van der Waals surface area contributed by atoms with Crippen LogP contribution in [-0.4, -0.2) is 43.0 Å². The topological polar surface area (TPSA) is 63.5 Å². The quantitative estimate of drug-likeness (QED) is 0.559. The molecule has 142 valence electrons. The van der Waals surface area contributed by atoms with Gasteiger partial charge in [0, 0.05) is 38.5 Å². The Hall–Kier alpha value is -1.56. The molecule has 1 fully saturated rings. The highest BCUT2D eigenvalue weighted by Crippen LogP contribution is 2.40. The summed E-state index contributed by atoms with van der Waals surface area (Å²) in [7, 11) is 3.56. The molecule has 0 unspecified atom stereocenters. The third-order valence-electron chi connectivity index (χ3n) is 5.74. The fourth-order valence-electron chi connectivity index (χ4n) is 3.83. The monoisotopic (exact) mass is 349 g/mol. The number of hydrogen-bond donors (Lipinski definition) is 2. The fraction of sp³-hybridized carbons (Fsp3) is 0.789. The van der Waals surface area contributed by atoms with E-state index in [0.29, 0.717) is 12.0 Å². The van der Waals surface area contributed by atoms with E-state index < -0.39 is 0 Å². The van der Waals surface area contributed by atoms with Crippen molar-refractivity contribution in [1.82, 2.24) is 20.4 Å². The number of aliphatic imine (C=N–C) groups is 1. The lowest BCUT2D eigenvalue weighted by Gasteiger charge is -2.28. The van der Waals surface area contributed by atoms with Gasteiger partial charge in [-0.15, -0.1) is 0 Å². The number of aromatic nitrogens is 2. The second-order valence-electron chi connectivity index (χ2n) is 7.21. The Kier molecular flexibility index (Phi) is 7.29. The summed E-state index contributed by atoms with van der Waals surface area (Å²) in [5.41, 5.74) is 3.95. The molecule has 0 aromatic carbocycles. The van der Waals surface area contributed by atoms with Gasteiger partial charge in [0.15, 0.2) is 5.96 Å². The number of ether oxygens (including phenoxy) is 1. The van der Waals surface area contributed by atoms with Crippen molar-refractivity contribution < 1.29 is 4.74 Å². The van der Waals surface area contributed by atoms with E-state index in [9.17, 15) is 0 Å². The minimum absolute atomic E-state index is 0.453. The van der Waals surface area contributed by atoms with Crippen molar-refractivity contribution in [3.05, 3.63) is 17.0 Å². The summed E-state index contributed by atoms with van der Waals surface area (Å²) >= 11 is 0. The van der Waals surface area contributed by atoms with Gasteiger partial charge in [0.2, 0.25) is 0 Å². The van der Waals surface area contributed by atoms with E-state index >= 15 is 0 Å². The molecular weight excluding hydrogens is 314 g/mol. The van der Waals surface area contributed by atoms with E-state index in [2.05, 4.69) is 41.5 Å². The summed E-state index contributed by atoms with van der Waals surface area (Å²) in [6, 6.07) is 0. The van der Waals surface area contributed by atoms with Crippen LogP contribution in [0.3, 0.4) is 0 Å². The molecule has 0 spiro atoms. The largest absolute Gasteiger partial charge is 0.383 e. The second kappa shape index (κ2) is 9.22. The van der Waals surface area contributed by atoms with E-state index in [-0.39, 0.29) is 0 Å². The van der Waals surface area contributed by atoms with Gasteiger partial charge in [0.1, 0.15) is 0 Å². The highest BCUT2D eigenvalue weighted by Gasteiger charge is 2.31. The lowest BCUT2D eigenvalue weighted by atomic mass is 9.83. The summed E-state index contributed by atoms with van der Waals surface area (Å²) in [5.74, 6) is 0.878. The average molecular weight is 350 g/mol. The van der Waals surface area contributed by atoms with Crippen molar-refractivity contribution in [1.29, 1.82) is 0 Å². The van der Waals surface area contributed by atoms with Crippen LogP contribution in [0, 0.1) is 19.3 Å². The number of rotatable bonds is 8. The minimum Gasteiger partial charge on any atom is -0.383 e. The second-order valence-corrected chi connectivity index (χ2v) is 7.21. The van der Waals surface area contributed by atoms with Crippen molar-refractivity contribution in [3.8, 4) is 0 Å². The first-order valence-electron chi connectivity index (χ1n) is 9.51. The maximum atomic E-state index is 5.16. The van der Waals surface area contributed by atoms with Gasteiger partial charge in [-0.05, 0) is 38.5 Å². The number of nitrogens with zero attached hydrogens (tertiary/aromatic N) is 3. The Morgan fingerprint density at radius 2 is 2.00 bits per heavy atom. The molecule has 1 aliphatic rings. The van der Waals surface area contributed by atoms with E-state index in [4.69, 9.17) is 4.74 Å². The number of hydrogen-bond acceptors (Lipinski definition) is 3. The summed E-state index contributed by atoms with van der Waals surface area (Å²) in [5, 5.41) is 11.6. The number of methoxy groups -OCH3 is 1. The van der Waals surface area contributed by atoms with Crippen LogP contribution in [-0.2, 0) is 17.8 Å². The zero-order valence-corrected chi connectivity index (χ0v) is 16.6. The molecule has 25 heavy (non-hydrogen) atoms. The third kappa shape index (κ3) is 4.97. The molecule has 0 atom stereocenters. The summed E-state index contributed by atoms with van der Waals surface area (Å²) in [4.78, 5) is 4.39. The maximum absolute atomic E-state index is 5.16. The van der Waals surface area contributed by atoms with Crippen molar-refractivity contribution in [2.75, 3.05) is 27.3 Å². The normalized spacial score (nSPS) is 17.1. The smallest absolute Gasteiger partial charge is 0.191 e. The first kappa shape index (κ1) is 19.8. The van der Waals surface area contributed by atoms with E-state index in [0.717, 1.165) is 31.3 Å². The summed E-state index contributed by atoms with van der Waals surface area (Å²) in [6.45, 7) is 9.70. The number of nitrogens with one attached hydrogen (secondary N) is 2. The average Bonchev–Trinajstić information content (AvgIpc) is 3.19. The Bertz CT molecular complexity index is 573. The van der Waals surface area contributed by atoms with Crippen LogP contribution in [0.2, 0.25) is 0 Å². The third-order valence-corrected chi connectivity index (χ3v) is 5.74. The van der Waals surface area contributed by atoms with E-state index in [1.165, 1.54) is 43.4 Å². The van der Waals surface area contributed by atoms with Gasteiger partial charge in [-0.3, -0.25) is 9.67 Å². The molecule has 1 aromatic rings.